The normalized spacial score (nSPS) is 24.4. The van der Waals surface area contributed by atoms with Gasteiger partial charge >= 0.3 is 17.9 Å². The van der Waals surface area contributed by atoms with Crippen molar-refractivity contribution in [3.63, 3.8) is 0 Å². The number of hydrogen-bond acceptors (Lipinski definition) is 8. The minimum Gasteiger partial charge on any atom is -0.512 e. The Morgan fingerprint density at radius 3 is 2.31 bits per heavy atom. The second-order valence-electron chi connectivity index (χ2n) is 7.96. The Morgan fingerprint density at radius 1 is 1.14 bits per heavy atom. The second-order valence-corrected chi connectivity index (χ2v) is 7.96. The predicted molar refractivity (Wildman–Crippen MR) is 101 cm³/mol. The fraction of sp³-hybridized carbons (Fsp3) is 0.524. The van der Waals surface area contributed by atoms with Gasteiger partial charge in [-0.15, -0.1) is 0 Å². The van der Waals surface area contributed by atoms with Gasteiger partial charge in [0.2, 0.25) is 0 Å². The molecule has 29 heavy (non-hydrogen) atoms. The smallest absolute Gasteiger partial charge is 0.348 e. The Balaban J connectivity index is 2.07. The molecule has 8 nitrogen and oxygen atoms in total. The maximum atomic E-state index is 12.2. The zero-order valence-corrected chi connectivity index (χ0v) is 17.1. The first-order valence-electron chi connectivity index (χ1n) is 9.42. The van der Waals surface area contributed by atoms with Gasteiger partial charge in [0, 0.05) is 26.2 Å². The van der Waals surface area contributed by atoms with Crippen molar-refractivity contribution in [2.24, 2.45) is 5.41 Å². The minimum absolute atomic E-state index is 0.0266. The van der Waals surface area contributed by atoms with Crippen molar-refractivity contribution in [1.29, 1.82) is 0 Å². The van der Waals surface area contributed by atoms with Crippen LogP contribution < -0.4 is 0 Å². The van der Waals surface area contributed by atoms with Crippen LogP contribution >= 0.6 is 0 Å². The summed E-state index contributed by atoms with van der Waals surface area (Å²) in [6, 6.07) is 0. The van der Waals surface area contributed by atoms with Crippen molar-refractivity contribution in [3.05, 3.63) is 35.1 Å². The van der Waals surface area contributed by atoms with Gasteiger partial charge in [0.1, 0.15) is 11.3 Å². The maximum Gasteiger partial charge on any atom is 0.348 e. The molecule has 0 aromatic heterocycles. The number of Topliss-reactive ketones (excluding diaryl/α,β-unsaturated/α-hetero) is 1. The van der Waals surface area contributed by atoms with E-state index in [1.807, 2.05) is 13.8 Å². The van der Waals surface area contributed by atoms with Gasteiger partial charge in [-0.25, -0.2) is 9.59 Å². The van der Waals surface area contributed by atoms with Gasteiger partial charge < -0.3 is 19.3 Å². The molecular formula is C21H26O8. The lowest BCUT2D eigenvalue weighted by Gasteiger charge is -2.33. The van der Waals surface area contributed by atoms with E-state index < -0.39 is 23.7 Å². The summed E-state index contributed by atoms with van der Waals surface area (Å²) >= 11 is 0. The van der Waals surface area contributed by atoms with Crippen molar-refractivity contribution in [1.82, 2.24) is 0 Å². The Bertz CT molecular complexity index is 793. The predicted octanol–water partition coefficient (Wildman–Crippen LogP) is 2.83. The fourth-order valence-electron chi connectivity index (χ4n) is 3.14. The van der Waals surface area contributed by atoms with Gasteiger partial charge in [0.25, 0.3) is 5.79 Å². The van der Waals surface area contributed by atoms with E-state index in [2.05, 4.69) is 0 Å². The number of carbonyl (C=O) groups is 4. The van der Waals surface area contributed by atoms with E-state index in [1.54, 1.807) is 6.92 Å². The van der Waals surface area contributed by atoms with Crippen LogP contribution in [0.2, 0.25) is 0 Å². The molecule has 1 aliphatic carbocycles. The van der Waals surface area contributed by atoms with Crippen LogP contribution in [-0.2, 0) is 33.4 Å². The van der Waals surface area contributed by atoms with Crippen LogP contribution in [-0.4, -0.2) is 41.2 Å². The molecule has 0 spiro atoms. The van der Waals surface area contributed by atoms with Crippen molar-refractivity contribution in [3.8, 4) is 0 Å². The van der Waals surface area contributed by atoms with Crippen molar-refractivity contribution >= 4 is 23.7 Å². The summed E-state index contributed by atoms with van der Waals surface area (Å²) in [4.78, 5) is 48.1. The summed E-state index contributed by atoms with van der Waals surface area (Å²) in [6.07, 6.45) is 4.39. The molecule has 8 heteroatoms. The zero-order chi connectivity index (χ0) is 21.8. The molecule has 0 saturated carbocycles. The summed E-state index contributed by atoms with van der Waals surface area (Å²) in [5.74, 6) is -4.08. The lowest BCUT2D eigenvalue weighted by atomic mass is 9.76. The van der Waals surface area contributed by atoms with Gasteiger partial charge in [-0.2, -0.15) is 0 Å². The number of esters is 3. The Kier molecular flexibility index (Phi) is 6.66. The largest absolute Gasteiger partial charge is 0.512 e. The third-order valence-electron chi connectivity index (χ3n) is 4.57. The number of hydrogen-bond donors (Lipinski definition) is 1. The van der Waals surface area contributed by atoms with Gasteiger partial charge in [0.05, 0.1) is 18.6 Å². The van der Waals surface area contributed by atoms with Crippen LogP contribution in [0, 0.1) is 5.41 Å². The highest BCUT2D eigenvalue weighted by Crippen LogP contribution is 2.36. The Morgan fingerprint density at radius 2 is 1.76 bits per heavy atom. The molecule has 0 radical (unpaired) electrons. The molecule has 1 saturated heterocycles. The summed E-state index contributed by atoms with van der Waals surface area (Å²) < 4.78 is 15.2. The van der Waals surface area contributed by atoms with E-state index in [-0.39, 0.29) is 54.0 Å². The number of ether oxygens (including phenoxy) is 3. The molecule has 0 unspecified atom stereocenters. The number of rotatable bonds is 6. The number of aliphatic hydroxyl groups excluding tert-OH is 1. The van der Waals surface area contributed by atoms with Gasteiger partial charge in [-0.1, -0.05) is 19.9 Å². The first-order valence-corrected chi connectivity index (χ1v) is 9.42. The standard InChI is InChI=1S/C21H26O8/c1-5-27-17(24)9-10-21(4)28-18(25)14(19(26)29-21)8-6-7-13-15(22)11-20(2,3)12-16(13)23/h6-8,22H,5,9-12H2,1-4H3/b7-6+,14-8?. The molecule has 0 atom stereocenters. The zero-order valence-electron chi connectivity index (χ0n) is 17.1. The third-order valence-corrected chi connectivity index (χ3v) is 4.57. The molecule has 2 rings (SSSR count). The average molecular weight is 406 g/mol. The van der Waals surface area contributed by atoms with E-state index in [4.69, 9.17) is 14.2 Å². The Hall–Kier alpha value is -2.90. The first-order chi connectivity index (χ1) is 13.5. The number of aliphatic hydroxyl groups is 1. The molecule has 1 heterocycles. The molecule has 1 fully saturated rings. The minimum atomic E-state index is -1.56. The highest BCUT2D eigenvalue weighted by molar-refractivity contribution is 6.15. The maximum absolute atomic E-state index is 12.2. The first kappa shape index (κ1) is 22.4. The van der Waals surface area contributed by atoms with Crippen molar-refractivity contribution in [2.45, 2.75) is 59.2 Å². The number of cyclic esters (lactones) is 2. The molecule has 158 valence electrons. The van der Waals surface area contributed by atoms with E-state index in [0.29, 0.717) is 6.42 Å². The van der Waals surface area contributed by atoms with Crippen LogP contribution in [0.25, 0.3) is 0 Å². The van der Waals surface area contributed by atoms with Crippen LogP contribution in [0.15, 0.2) is 35.1 Å². The van der Waals surface area contributed by atoms with E-state index in [1.165, 1.54) is 25.2 Å². The van der Waals surface area contributed by atoms with Crippen LogP contribution in [0.1, 0.15) is 53.4 Å². The van der Waals surface area contributed by atoms with Crippen LogP contribution in [0.3, 0.4) is 0 Å². The van der Waals surface area contributed by atoms with Crippen LogP contribution in [0.4, 0.5) is 0 Å². The van der Waals surface area contributed by atoms with Crippen LogP contribution in [0.5, 0.6) is 0 Å². The molecule has 1 N–H and O–H groups in total. The van der Waals surface area contributed by atoms with E-state index >= 15 is 0 Å². The van der Waals surface area contributed by atoms with E-state index in [0.717, 1.165) is 0 Å². The fourth-order valence-corrected chi connectivity index (χ4v) is 3.14. The second kappa shape index (κ2) is 8.63. The average Bonchev–Trinajstić information content (AvgIpc) is 2.57. The highest BCUT2D eigenvalue weighted by Gasteiger charge is 2.42. The number of ketones is 1. The molecule has 0 bridgehead atoms. The molecule has 0 amide bonds. The lowest BCUT2D eigenvalue weighted by Crippen LogP contribution is -2.44. The van der Waals surface area contributed by atoms with Crippen molar-refractivity contribution < 1.29 is 38.5 Å². The van der Waals surface area contributed by atoms with Gasteiger partial charge in [0.15, 0.2) is 5.78 Å². The number of allylic oxidation sites excluding steroid dienone is 5. The SMILES string of the molecule is CCOC(=O)CCC1(C)OC(=O)C(=C/C=C/C2=C(O)CC(C)(C)CC2=O)C(=O)O1. The summed E-state index contributed by atoms with van der Waals surface area (Å²) in [5, 5.41) is 10.1. The molecule has 2 aliphatic rings. The quantitative estimate of drug-likeness (QED) is 0.407. The molecule has 1 aliphatic heterocycles. The van der Waals surface area contributed by atoms with Gasteiger partial charge in [-0.3, -0.25) is 9.59 Å². The highest BCUT2D eigenvalue weighted by atomic mass is 16.7. The summed E-state index contributed by atoms with van der Waals surface area (Å²) in [7, 11) is 0. The van der Waals surface area contributed by atoms with E-state index in [9.17, 15) is 24.3 Å². The monoisotopic (exact) mass is 406 g/mol. The summed E-state index contributed by atoms with van der Waals surface area (Å²) in [6.45, 7) is 7.05. The van der Waals surface area contributed by atoms with Gasteiger partial charge in [-0.05, 0) is 24.5 Å². The topological polar surface area (TPSA) is 116 Å². The molecule has 0 aromatic carbocycles. The molecule has 0 aromatic rings. The number of carbonyl (C=O) groups excluding carboxylic acids is 4. The summed E-state index contributed by atoms with van der Waals surface area (Å²) in [5.41, 5.74) is -0.515. The van der Waals surface area contributed by atoms with Crippen molar-refractivity contribution in [2.75, 3.05) is 6.61 Å². The Labute approximate surface area is 169 Å². The molecular weight excluding hydrogens is 380 g/mol. The third kappa shape index (κ3) is 5.79. The lowest BCUT2D eigenvalue weighted by molar-refractivity contribution is -0.231.